The van der Waals surface area contributed by atoms with Crippen LogP contribution < -0.4 is 10.5 Å². The number of rotatable bonds is 3. The topological polar surface area (TPSA) is 74.2 Å². The molecule has 0 saturated heterocycles. The molecule has 19 heavy (non-hydrogen) atoms. The smallest absolute Gasteiger partial charge is 0.228 e. The van der Waals surface area contributed by atoms with E-state index in [0.717, 1.165) is 12.2 Å². The van der Waals surface area contributed by atoms with E-state index < -0.39 is 0 Å². The van der Waals surface area contributed by atoms with Crippen molar-refractivity contribution in [1.29, 1.82) is 0 Å². The molecule has 0 aliphatic carbocycles. The van der Waals surface area contributed by atoms with Crippen LogP contribution in [0.5, 0.6) is 5.75 Å². The van der Waals surface area contributed by atoms with Crippen LogP contribution in [0, 0.1) is 0 Å². The first-order valence-electron chi connectivity index (χ1n) is 6.37. The molecule has 100 valence electrons. The van der Waals surface area contributed by atoms with Crippen LogP contribution in [0.1, 0.15) is 37.2 Å². The van der Waals surface area contributed by atoms with Gasteiger partial charge in [0, 0.05) is 18.4 Å². The molecule has 3 rings (SSSR count). The Morgan fingerprint density at radius 2 is 2.16 bits per heavy atom. The SMILES string of the molecule is CC(C)(N)Cc1nc(C2Cc3ccccc3O2)no1. The normalized spacial score (nSPS) is 18.2. The van der Waals surface area contributed by atoms with Gasteiger partial charge in [-0.25, -0.2) is 0 Å². The zero-order valence-electron chi connectivity index (χ0n) is 11.1. The zero-order valence-corrected chi connectivity index (χ0v) is 11.1. The van der Waals surface area contributed by atoms with E-state index in [2.05, 4.69) is 16.2 Å². The summed E-state index contributed by atoms with van der Waals surface area (Å²) in [5.41, 5.74) is 6.76. The number of para-hydroxylation sites is 1. The number of hydrogen-bond acceptors (Lipinski definition) is 5. The molecule has 1 unspecified atom stereocenters. The fraction of sp³-hybridized carbons (Fsp3) is 0.429. The Morgan fingerprint density at radius 3 is 2.89 bits per heavy atom. The third-order valence-electron chi connectivity index (χ3n) is 3.03. The summed E-state index contributed by atoms with van der Waals surface area (Å²) in [5.74, 6) is 2.05. The van der Waals surface area contributed by atoms with E-state index in [1.54, 1.807) is 0 Å². The molecule has 1 aliphatic heterocycles. The summed E-state index contributed by atoms with van der Waals surface area (Å²) < 4.78 is 11.1. The Balaban J connectivity index is 1.75. The molecule has 2 aromatic rings. The lowest BCUT2D eigenvalue weighted by molar-refractivity contribution is 0.221. The van der Waals surface area contributed by atoms with Crippen molar-refractivity contribution in [2.24, 2.45) is 5.73 Å². The lowest BCUT2D eigenvalue weighted by Gasteiger charge is -2.14. The third kappa shape index (κ3) is 2.61. The molecule has 5 heteroatoms. The average Bonchev–Trinajstić information content (AvgIpc) is 2.91. The second-order valence-electron chi connectivity index (χ2n) is 5.63. The standard InChI is InChI=1S/C14H17N3O2/c1-14(2,15)8-12-16-13(17-19-12)11-7-9-5-3-4-6-10(9)18-11/h3-6,11H,7-8,15H2,1-2H3. The number of nitrogens with zero attached hydrogens (tertiary/aromatic N) is 2. The highest BCUT2D eigenvalue weighted by Gasteiger charge is 2.28. The molecule has 0 bridgehead atoms. The zero-order chi connectivity index (χ0) is 13.5. The van der Waals surface area contributed by atoms with Gasteiger partial charge in [0.1, 0.15) is 5.75 Å². The minimum absolute atomic E-state index is 0.157. The highest BCUT2D eigenvalue weighted by Crippen LogP contribution is 2.35. The fourth-order valence-electron chi connectivity index (χ4n) is 2.19. The fourth-order valence-corrected chi connectivity index (χ4v) is 2.19. The van der Waals surface area contributed by atoms with Crippen molar-refractivity contribution >= 4 is 0 Å². The maximum Gasteiger partial charge on any atom is 0.228 e. The summed E-state index contributed by atoms with van der Waals surface area (Å²) in [5, 5.41) is 4.00. The Morgan fingerprint density at radius 1 is 1.37 bits per heavy atom. The second-order valence-corrected chi connectivity index (χ2v) is 5.63. The quantitative estimate of drug-likeness (QED) is 0.912. The van der Waals surface area contributed by atoms with Crippen molar-refractivity contribution < 1.29 is 9.26 Å². The van der Waals surface area contributed by atoms with Gasteiger partial charge >= 0.3 is 0 Å². The maximum atomic E-state index is 5.94. The second kappa shape index (κ2) is 4.35. The number of fused-ring (bicyclic) bond motifs is 1. The largest absolute Gasteiger partial charge is 0.482 e. The van der Waals surface area contributed by atoms with Crippen LogP contribution in [-0.4, -0.2) is 15.7 Å². The van der Waals surface area contributed by atoms with Crippen LogP contribution in [0.4, 0.5) is 0 Å². The molecule has 2 heterocycles. The van der Waals surface area contributed by atoms with E-state index in [9.17, 15) is 0 Å². The molecule has 1 aromatic carbocycles. The molecule has 0 radical (unpaired) electrons. The number of ether oxygens (including phenoxy) is 1. The molecular weight excluding hydrogens is 242 g/mol. The van der Waals surface area contributed by atoms with Gasteiger partial charge in [-0.1, -0.05) is 23.4 Å². The monoisotopic (exact) mass is 259 g/mol. The average molecular weight is 259 g/mol. The molecule has 0 fully saturated rings. The molecule has 5 nitrogen and oxygen atoms in total. The lowest BCUT2D eigenvalue weighted by atomic mass is 10.0. The summed E-state index contributed by atoms with van der Waals surface area (Å²) in [7, 11) is 0. The summed E-state index contributed by atoms with van der Waals surface area (Å²) in [6.45, 7) is 3.86. The number of nitrogens with two attached hydrogens (primary N) is 1. The summed E-state index contributed by atoms with van der Waals surface area (Å²) in [6.07, 6.45) is 1.18. The van der Waals surface area contributed by atoms with Gasteiger partial charge < -0.3 is 15.0 Å². The van der Waals surface area contributed by atoms with Gasteiger partial charge in [-0.05, 0) is 25.5 Å². The summed E-state index contributed by atoms with van der Waals surface area (Å²) in [6, 6.07) is 7.97. The number of aromatic nitrogens is 2. The van der Waals surface area contributed by atoms with E-state index in [1.165, 1.54) is 5.56 Å². The highest BCUT2D eigenvalue weighted by atomic mass is 16.5. The van der Waals surface area contributed by atoms with E-state index in [0.29, 0.717) is 18.1 Å². The van der Waals surface area contributed by atoms with Crippen LogP contribution >= 0.6 is 0 Å². The van der Waals surface area contributed by atoms with Crippen LogP contribution in [-0.2, 0) is 12.8 Å². The number of benzene rings is 1. The van der Waals surface area contributed by atoms with Gasteiger partial charge in [0.25, 0.3) is 0 Å². The Bertz CT molecular complexity index is 561. The maximum absolute atomic E-state index is 5.94. The highest BCUT2D eigenvalue weighted by molar-refractivity contribution is 5.37. The van der Waals surface area contributed by atoms with E-state index in [4.69, 9.17) is 15.0 Å². The summed E-state index contributed by atoms with van der Waals surface area (Å²) >= 11 is 0. The van der Waals surface area contributed by atoms with Gasteiger partial charge in [-0.3, -0.25) is 0 Å². The molecule has 1 aliphatic rings. The van der Waals surface area contributed by atoms with E-state index in [-0.39, 0.29) is 11.6 Å². The predicted molar refractivity (Wildman–Crippen MR) is 69.8 cm³/mol. The Kier molecular flexibility index (Phi) is 2.78. The van der Waals surface area contributed by atoms with Crippen LogP contribution in [0.15, 0.2) is 28.8 Å². The van der Waals surface area contributed by atoms with Crippen molar-refractivity contribution in [3.05, 3.63) is 41.5 Å². The molecular formula is C14H17N3O2. The van der Waals surface area contributed by atoms with Gasteiger partial charge in [-0.15, -0.1) is 0 Å². The Labute approximate surface area is 111 Å². The van der Waals surface area contributed by atoms with Crippen LogP contribution in [0.3, 0.4) is 0 Å². The van der Waals surface area contributed by atoms with Crippen molar-refractivity contribution in [2.45, 2.75) is 38.3 Å². The molecule has 0 saturated carbocycles. The Hall–Kier alpha value is -1.88. The van der Waals surface area contributed by atoms with Gasteiger partial charge in [0.15, 0.2) is 6.10 Å². The molecule has 0 spiro atoms. The van der Waals surface area contributed by atoms with Crippen molar-refractivity contribution in [1.82, 2.24) is 10.1 Å². The van der Waals surface area contributed by atoms with Crippen molar-refractivity contribution in [3.63, 3.8) is 0 Å². The predicted octanol–water partition coefficient (Wildman–Crippen LogP) is 2.03. The van der Waals surface area contributed by atoms with Crippen molar-refractivity contribution in [3.8, 4) is 5.75 Å². The molecule has 2 N–H and O–H groups in total. The van der Waals surface area contributed by atoms with Gasteiger partial charge in [-0.2, -0.15) is 4.98 Å². The van der Waals surface area contributed by atoms with Gasteiger partial charge in [0.2, 0.25) is 11.7 Å². The minimum atomic E-state index is -0.358. The van der Waals surface area contributed by atoms with Crippen LogP contribution in [0.25, 0.3) is 0 Å². The van der Waals surface area contributed by atoms with Gasteiger partial charge in [0.05, 0.1) is 0 Å². The van der Waals surface area contributed by atoms with Crippen molar-refractivity contribution in [2.75, 3.05) is 0 Å². The first kappa shape index (κ1) is 12.2. The number of hydrogen-bond donors (Lipinski definition) is 1. The van der Waals surface area contributed by atoms with E-state index >= 15 is 0 Å². The van der Waals surface area contributed by atoms with E-state index in [1.807, 2.05) is 32.0 Å². The molecule has 1 aromatic heterocycles. The lowest BCUT2D eigenvalue weighted by Crippen LogP contribution is -2.34. The first-order valence-corrected chi connectivity index (χ1v) is 6.37. The minimum Gasteiger partial charge on any atom is -0.482 e. The molecule has 0 amide bonds. The summed E-state index contributed by atoms with van der Waals surface area (Å²) in [4.78, 5) is 4.38. The first-order chi connectivity index (χ1) is 9.01. The molecule has 1 atom stereocenters. The third-order valence-corrected chi connectivity index (χ3v) is 3.03. The van der Waals surface area contributed by atoms with Crippen LogP contribution in [0.2, 0.25) is 0 Å².